The largest absolute Gasteiger partial charge is 0.341 e. The predicted octanol–water partition coefficient (Wildman–Crippen LogP) is 3.45. The Bertz CT molecular complexity index is 547. The number of rotatable bonds is 3. The van der Waals surface area contributed by atoms with Gasteiger partial charge >= 0.3 is 6.03 Å². The summed E-state index contributed by atoms with van der Waals surface area (Å²) in [6.07, 6.45) is 1.65. The van der Waals surface area contributed by atoms with Crippen LogP contribution in [0.2, 0.25) is 5.02 Å². The molecule has 1 aliphatic heterocycles. The third-order valence-electron chi connectivity index (χ3n) is 4.22. The lowest BCUT2D eigenvalue weighted by Gasteiger charge is -2.24. The van der Waals surface area contributed by atoms with Crippen molar-refractivity contribution >= 4 is 29.2 Å². The summed E-state index contributed by atoms with van der Waals surface area (Å²) < 4.78 is 0. The molecule has 23 heavy (non-hydrogen) atoms. The zero-order valence-electron chi connectivity index (χ0n) is 13.7. The van der Waals surface area contributed by atoms with Crippen LogP contribution in [-0.2, 0) is 4.79 Å². The number of nitrogens with zero attached hydrogens (tertiary/aromatic N) is 2. The van der Waals surface area contributed by atoms with Crippen molar-refractivity contribution in [3.63, 3.8) is 0 Å². The molecule has 1 saturated heterocycles. The maximum Gasteiger partial charge on any atom is 0.321 e. The molecule has 2 rings (SSSR count). The van der Waals surface area contributed by atoms with Crippen LogP contribution in [0.25, 0.3) is 0 Å². The summed E-state index contributed by atoms with van der Waals surface area (Å²) >= 11 is 5.84. The average Bonchev–Trinajstić information content (AvgIpc) is 2.81. The molecule has 5 nitrogen and oxygen atoms in total. The van der Waals surface area contributed by atoms with Crippen molar-refractivity contribution in [3.8, 4) is 0 Å². The quantitative estimate of drug-likeness (QED) is 0.918. The minimum absolute atomic E-state index is 0.0458. The van der Waals surface area contributed by atoms with Gasteiger partial charge in [0.05, 0.1) is 0 Å². The molecule has 0 saturated carbocycles. The first-order valence-electron chi connectivity index (χ1n) is 8.11. The molecule has 0 aliphatic carbocycles. The van der Waals surface area contributed by atoms with Crippen molar-refractivity contribution in [2.45, 2.75) is 26.7 Å². The van der Waals surface area contributed by atoms with Crippen LogP contribution in [0.4, 0.5) is 10.5 Å². The third-order valence-corrected chi connectivity index (χ3v) is 4.48. The normalized spacial score (nSPS) is 16.7. The van der Waals surface area contributed by atoms with Crippen molar-refractivity contribution in [2.75, 3.05) is 31.5 Å². The van der Waals surface area contributed by atoms with Crippen molar-refractivity contribution in [1.29, 1.82) is 0 Å². The highest BCUT2D eigenvalue weighted by Crippen LogP contribution is 2.15. The van der Waals surface area contributed by atoms with Gasteiger partial charge in [-0.2, -0.15) is 0 Å². The zero-order chi connectivity index (χ0) is 16.8. The van der Waals surface area contributed by atoms with Gasteiger partial charge in [0.1, 0.15) is 0 Å². The van der Waals surface area contributed by atoms with Crippen molar-refractivity contribution in [1.82, 2.24) is 9.80 Å². The van der Waals surface area contributed by atoms with Crippen molar-refractivity contribution in [3.05, 3.63) is 29.3 Å². The molecule has 1 atom stereocenters. The van der Waals surface area contributed by atoms with Crippen LogP contribution in [-0.4, -0.2) is 47.9 Å². The van der Waals surface area contributed by atoms with Crippen LogP contribution in [0, 0.1) is 5.92 Å². The molecule has 6 heteroatoms. The molecule has 1 heterocycles. The number of carbonyl (C=O) groups is 2. The van der Waals surface area contributed by atoms with Crippen molar-refractivity contribution < 1.29 is 9.59 Å². The Morgan fingerprint density at radius 1 is 1.13 bits per heavy atom. The molecule has 0 aromatic heterocycles. The number of hydrogen-bond donors (Lipinski definition) is 1. The molecule has 1 aliphatic rings. The van der Waals surface area contributed by atoms with Crippen LogP contribution in [0.1, 0.15) is 26.7 Å². The first-order valence-corrected chi connectivity index (χ1v) is 8.49. The fourth-order valence-corrected chi connectivity index (χ4v) is 2.69. The summed E-state index contributed by atoms with van der Waals surface area (Å²) in [4.78, 5) is 28.3. The van der Waals surface area contributed by atoms with Crippen molar-refractivity contribution in [2.24, 2.45) is 5.92 Å². The van der Waals surface area contributed by atoms with Gasteiger partial charge in [0.25, 0.3) is 0 Å². The summed E-state index contributed by atoms with van der Waals surface area (Å²) in [5.74, 6) is 0.233. The van der Waals surface area contributed by atoms with Gasteiger partial charge in [-0.3, -0.25) is 4.79 Å². The Hall–Kier alpha value is -1.75. The predicted molar refractivity (Wildman–Crippen MR) is 92.7 cm³/mol. The van der Waals surface area contributed by atoms with Gasteiger partial charge in [-0.15, -0.1) is 0 Å². The third kappa shape index (κ3) is 4.86. The Kier molecular flexibility index (Phi) is 6.28. The molecule has 0 radical (unpaired) electrons. The van der Waals surface area contributed by atoms with E-state index in [1.807, 2.05) is 18.7 Å². The maximum atomic E-state index is 12.4. The Labute approximate surface area is 142 Å². The van der Waals surface area contributed by atoms with E-state index in [2.05, 4.69) is 5.32 Å². The summed E-state index contributed by atoms with van der Waals surface area (Å²) in [6, 6.07) is 6.90. The maximum absolute atomic E-state index is 12.4. The number of urea groups is 1. The summed E-state index contributed by atoms with van der Waals surface area (Å²) in [5.41, 5.74) is 0.719. The number of benzene rings is 1. The zero-order valence-corrected chi connectivity index (χ0v) is 14.5. The average molecular weight is 338 g/mol. The Morgan fingerprint density at radius 2 is 1.74 bits per heavy atom. The van der Waals surface area contributed by atoms with Gasteiger partial charge in [0, 0.05) is 42.8 Å². The number of amides is 3. The molecule has 0 spiro atoms. The van der Waals surface area contributed by atoms with Gasteiger partial charge < -0.3 is 15.1 Å². The van der Waals surface area contributed by atoms with E-state index in [0.717, 1.165) is 18.5 Å². The highest BCUT2D eigenvalue weighted by molar-refractivity contribution is 6.30. The fraction of sp³-hybridized carbons (Fsp3) is 0.529. The van der Waals surface area contributed by atoms with Gasteiger partial charge in [-0.25, -0.2) is 4.79 Å². The minimum atomic E-state index is -0.134. The summed E-state index contributed by atoms with van der Waals surface area (Å²) in [7, 11) is 0. The second-order valence-electron chi connectivity index (χ2n) is 5.91. The number of hydrogen-bond acceptors (Lipinski definition) is 2. The fourth-order valence-electron chi connectivity index (χ4n) is 2.56. The topological polar surface area (TPSA) is 52.7 Å². The van der Waals surface area contributed by atoms with E-state index < -0.39 is 0 Å². The molecule has 0 unspecified atom stereocenters. The Balaban J connectivity index is 1.90. The van der Waals surface area contributed by atoms with Crippen LogP contribution >= 0.6 is 11.6 Å². The highest BCUT2D eigenvalue weighted by Gasteiger charge is 2.24. The van der Waals surface area contributed by atoms with E-state index in [4.69, 9.17) is 11.6 Å². The molecule has 1 aromatic carbocycles. The molecular formula is C17H24ClN3O2. The highest BCUT2D eigenvalue weighted by atomic mass is 35.5. The van der Waals surface area contributed by atoms with Crippen LogP contribution in [0.15, 0.2) is 24.3 Å². The number of halogens is 1. The molecule has 3 amide bonds. The van der Waals surface area contributed by atoms with Crippen LogP contribution < -0.4 is 5.32 Å². The van der Waals surface area contributed by atoms with Gasteiger partial charge in [0.2, 0.25) is 5.91 Å². The number of anilines is 1. The summed E-state index contributed by atoms with van der Waals surface area (Å²) in [5, 5.41) is 3.51. The number of carbonyl (C=O) groups excluding carboxylic acids is 2. The lowest BCUT2D eigenvalue weighted by Crippen LogP contribution is -2.40. The van der Waals surface area contributed by atoms with E-state index in [1.165, 1.54) is 0 Å². The summed E-state index contributed by atoms with van der Waals surface area (Å²) in [6.45, 7) is 6.50. The Morgan fingerprint density at radius 3 is 2.39 bits per heavy atom. The molecular weight excluding hydrogens is 314 g/mol. The standard InChI is InChI=1S/C17H24ClN3O2/c1-3-13(2)16(22)20-9-4-10-21(12-11-20)17(23)19-15-7-5-14(18)6-8-15/h5-8,13H,3-4,9-12H2,1-2H3,(H,19,23)/t13-/m1/s1. The van der Waals surface area contributed by atoms with E-state index in [0.29, 0.717) is 31.2 Å². The number of nitrogens with one attached hydrogen (secondary N) is 1. The van der Waals surface area contributed by atoms with E-state index in [1.54, 1.807) is 29.2 Å². The van der Waals surface area contributed by atoms with Gasteiger partial charge in [0.15, 0.2) is 0 Å². The molecule has 1 fully saturated rings. The van der Waals surface area contributed by atoms with Gasteiger partial charge in [-0.1, -0.05) is 25.4 Å². The smallest absolute Gasteiger partial charge is 0.321 e. The lowest BCUT2D eigenvalue weighted by atomic mass is 10.1. The molecule has 0 bridgehead atoms. The molecule has 126 valence electrons. The first kappa shape index (κ1) is 17.6. The van der Waals surface area contributed by atoms with Crippen LogP contribution in [0.5, 0.6) is 0 Å². The minimum Gasteiger partial charge on any atom is -0.341 e. The van der Waals surface area contributed by atoms with E-state index in [9.17, 15) is 9.59 Å². The molecule has 1 N–H and O–H groups in total. The molecule has 1 aromatic rings. The lowest BCUT2D eigenvalue weighted by molar-refractivity contribution is -0.134. The van der Waals surface area contributed by atoms with Gasteiger partial charge in [-0.05, 0) is 37.1 Å². The second-order valence-corrected chi connectivity index (χ2v) is 6.35. The SMILES string of the molecule is CC[C@@H](C)C(=O)N1CCCN(C(=O)Nc2ccc(Cl)cc2)CC1. The second kappa shape index (κ2) is 8.20. The first-order chi connectivity index (χ1) is 11.0. The van der Waals surface area contributed by atoms with Crippen LogP contribution in [0.3, 0.4) is 0 Å². The van der Waals surface area contributed by atoms with E-state index in [-0.39, 0.29) is 17.9 Å². The van der Waals surface area contributed by atoms with E-state index >= 15 is 0 Å². The monoisotopic (exact) mass is 337 g/mol.